The first-order chi connectivity index (χ1) is 8.25. The maximum atomic E-state index is 3.50. The molecule has 0 aliphatic rings. The average Bonchev–Trinajstić information content (AvgIpc) is 2.68. The Morgan fingerprint density at radius 1 is 1.06 bits per heavy atom. The molecule has 1 heterocycles. The second-order valence-corrected chi connectivity index (χ2v) is 4.98. The van der Waals surface area contributed by atoms with Crippen molar-refractivity contribution in [2.45, 2.75) is 0 Å². The lowest BCUT2D eigenvalue weighted by Gasteiger charge is -1.96. The smallest absolute Gasteiger partial charge is 0.236 e. The van der Waals surface area contributed by atoms with E-state index in [2.05, 4.69) is 62.9 Å². The Balaban J connectivity index is 2.27. The molecule has 17 heavy (non-hydrogen) atoms. The van der Waals surface area contributed by atoms with Crippen molar-refractivity contribution in [2.75, 3.05) is 0 Å². The van der Waals surface area contributed by atoms with Gasteiger partial charge in [-0.25, -0.2) is 9.55 Å². The quantitative estimate of drug-likeness (QED) is 0.662. The van der Waals surface area contributed by atoms with Crippen molar-refractivity contribution in [1.29, 1.82) is 0 Å². The van der Waals surface area contributed by atoms with E-state index >= 15 is 0 Å². The molecule has 1 aromatic heterocycles. The SMILES string of the molecule is C[n+]1c(-c2cccc(Br)c2)[nH]c2ccccc21. The van der Waals surface area contributed by atoms with E-state index in [0.717, 1.165) is 15.8 Å². The molecule has 2 aromatic carbocycles. The number of rotatable bonds is 1. The molecule has 1 N–H and O–H groups in total. The van der Waals surface area contributed by atoms with E-state index in [1.807, 2.05) is 18.2 Å². The highest BCUT2D eigenvalue weighted by Gasteiger charge is 2.16. The minimum Gasteiger partial charge on any atom is -0.236 e. The summed E-state index contributed by atoms with van der Waals surface area (Å²) in [7, 11) is 2.08. The molecule has 0 saturated carbocycles. The molecular weight excluding hydrogens is 276 g/mol. The van der Waals surface area contributed by atoms with Crippen LogP contribution in [0.2, 0.25) is 0 Å². The molecule has 0 unspecified atom stereocenters. The van der Waals surface area contributed by atoms with E-state index in [0.29, 0.717) is 0 Å². The molecule has 0 atom stereocenters. The zero-order chi connectivity index (χ0) is 11.8. The summed E-state index contributed by atoms with van der Waals surface area (Å²) < 4.78 is 3.27. The van der Waals surface area contributed by atoms with E-state index in [4.69, 9.17) is 0 Å². The molecule has 0 amide bonds. The molecule has 0 aliphatic heterocycles. The van der Waals surface area contributed by atoms with Crippen LogP contribution in [0.4, 0.5) is 0 Å². The third kappa shape index (κ3) is 1.76. The predicted octanol–water partition coefficient (Wildman–Crippen LogP) is 3.42. The van der Waals surface area contributed by atoms with Crippen molar-refractivity contribution in [1.82, 2.24) is 4.98 Å². The van der Waals surface area contributed by atoms with Crippen LogP contribution < -0.4 is 4.57 Å². The van der Waals surface area contributed by atoms with Crippen molar-refractivity contribution in [3.05, 3.63) is 53.0 Å². The number of halogens is 1. The van der Waals surface area contributed by atoms with Gasteiger partial charge in [-0.3, -0.25) is 0 Å². The summed E-state index contributed by atoms with van der Waals surface area (Å²) in [5.41, 5.74) is 3.55. The number of para-hydroxylation sites is 2. The van der Waals surface area contributed by atoms with Gasteiger partial charge in [-0.15, -0.1) is 0 Å². The molecular formula is C14H12BrN2+. The lowest BCUT2D eigenvalue weighted by atomic mass is 10.2. The highest BCUT2D eigenvalue weighted by molar-refractivity contribution is 9.10. The number of aromatic amines is 1. The fourth-order valence-electron chi connectivity index (χ4n) is 2.11. The van der Waals surface area contributed by atoms with Gasteiger partial charge in [-0.2, -0.15) is 0 Å². The first-order valence-corrected chi connectivity index (χ1v) is 6.28. The molecule has 0 fully saturated rings. The van der Waals surface area contributed by atoms with Gasteiger partial charge in [-0.1, -0.05) is 34.1 Å². The summed E-state index contributed by atoms with van der Waals surface area (Å²) in [6.45, 7) is 0. The number of imidazole rings is 1. The Morgan fingerprint density at radius 2 is 1.88 bits per heavy atom. The standard InChI is InChI=1S/C14H11BrN2/c1-17-13-8-3-2-7-12(13)16-14(17)10-5-4-6-11(15)9-10/h2-9H,1H3/p+1. The summed E-state index contributed by atoms with van der Waals surface area (Å²) in [5.74, 6) is 1.12. The summed E-state index contributed by atoms with van der Waals surface area (Å²) in [6, 6.07) is 16.6. The number of benzene rings is 2. The number of hydrogen-bond donors (Lipinski definition) is 1. The zero-order valence-corrected chi connectivity index (χ0v) is 11.0. The highest BCUT2D eigenvalue weighted by atomic mass is 79.9. The van der Waals surface area contributed by atoms with Crippen LogP contribution >= 0.6 is 15.9 Å². The molecule has 0 spiro atoms. The van der Waals surface area contributed by atoms with Crippen LogP contribution in [-0.4, -0.2) is 4.98 Å². The zero-order valence-electron chi connectivity index (χ0n) is 9.44. The van der Waals surface area contributed by atoms with Crippen LogP contribution in [-0.2, 0) is 7.05 Å². The number of nitrogens with zero attached hydrogens (tertiary/aromatic N) is 1. The van der Waals surface area contributed by atoms with E-state index in [9.17, 15) is 0 Å². The van der Waals surface area contributed by atoms with E-state index in [1.54, 1.807) is 0 Å². The predicted molar refractivity (Wildman–Crippen MR) is 72.6 cm³/mol. The van der Waals surface area contributed by atoms with Gasteiger partial charge in [0.25, 0.3) is 5.82 Å². The van der Waals surface area contributed by atoms with Gasteiger partial charge in [0, 0.05) is 4.47 Å². The number of H-pyrrole nitrogens is 1. The van der Waals surface area contributed by atoms with Gasteiger partial charge in [-0.05, 0) is 30.3 Å². The topological polar surface area (TPSA) is 19.7 Å². The molecule has 2 nitrogen and oxygen atoms in total. The number of aryl methyl sites for hydroxylation is 1. The van der Waals surface area contributed by atoms with Crippen molar-refractivity contribution >= 4 is 27.0 Å². The van der Waals surface area contributed by atoms with Crippen LogP contribution in [0.15, 0.2) is 53.0 Å². The van der Waals surface area contributed by atoms with Gasteiger partial charge in [0.15, 0.2) is 11.0 Å². The number of aromatic nitrogens is 2. The molecule has 3 aromatic rings. The van der Waals surface area contributed by atoms with Crippen molar-refractivity contribution < 1.29 is 4.57 Å². The third-order valence-electron chi connectivity index (χ3n) is 2.95. The van der Waals surface area contributed by atoms with Crippen molar-refractivity contribution in [2.24, 2.45) is 7.05 Å². The fourth-order valence-corrected chi connectivity index (χ4v) is 2.50. The first-order valence-electron chi connectivity index (χ1n) is 5.48. The second-order valence-electron chi connectivity index (χ2n) is 4.06. The van der Waals surface area contributed by atoms with Gasteiger partial charge in [0.2, 0.25) is 0 Å². The molecule has 0 aliphatic carbocycles. The lowest BCUT2D eigenvalue weighted by molar-refractivity contribution is -0.633. The summed E-state index contributed by atoms with van der Waals surface area (Å²) in [6.07, 6.45) is 0. The largest absolute Gasteiger partial charge is 0.287 e. The Morgan fingerprint density at radius 3 is 2.65 bits per heavy atom. The summed E-state index contributed by atoms with van der Waals surface area (Å²) >= 11 is 3.50. The van der Waals surface area contributed by atoms with Crippen molar-refractivity contribution in [3.63, 3.8) is 0 Å². The molecule has 3 heteroatoms. The molecule has 0 radical (unpaired) electrons. The Hall–Kier alpha value is -1.61. The van der Waals surface area contributed by atoms with E-state index < -0.39 is 0 Å². The Kier molecular flexibility index (Phi) is 2.48. The molecule has 3 rings (SSSR count). The van der Waals surface area contributed by atoms with Crippen LogP contribution in [0.5, 0.6) is 0 Å². The average molecular weight is 288 g/mol. The van der Waals surface area contributed by atoms with E-state index in [1.165, 1.54) is 11.1 Å². The first kappa shape index (κ1) is 10.5. The van der Waals surface area contributed by atoms with E-state index in [-0.39, 0.29) is 0 Å². The number of hydrogen-bond acceptors (Lipinski definition) is 0. The van der Waals surface area contributed by atoms with Crippen LogP contribution in [0, 0.1) is 0 Å². The molecule has 0 saturated heterocycles. The van der Waals surface area contributed by atoms with Crippen LogP contribution in [0.1, 0.15) is 0 Å². The Bertz CT molecular complexity index is 686. The second kappa shape index (κ2) is 4.00. The monoisotopic (exact) mass is 287 g/mol. The maximum Gasteiger partial charge on any atom is 0.287 e. The number of nitrogens with one attached hydrogen (secondary N) is 1. The molecule has 84 valence electrons. The van der Waals surface area contributed by atoms with Crippen LogP contribution in [0.3, 0.4) is 0 Å². The fraction of sp³-hybridized carbons (Fsp3) is 0.0714. The summed E-state index contributed by atoms with van der Waals surface area (Å²) in [5, 5.41) is 0. The summed E-state index contributed by atoms with van der Waals surface area (Å²) in [4.78, 5) is 3.45. The number of fused-ring (bicyclic) bond motifs is 1. The highest BCUT2D eigenvalue weighted by Crippen LogP contribution is 2.21. The lowest BCUT2D eigenvalue weighted by Crippen LogP contribution is -2.28. The van der Waals surface area contributed by atoms with Gasteiger partial charge in [0.1, 0.15) is 0 Å². The van der Waals surface area contributed by atoms with Gasteiger partial charge >= 0.3 is 0 Å². The van der Waals surface area contributed by atoms with Gasteiger partial charge < -0.3 is 0 Å². The minimum absolute atomic E-state index is 1.09. The normalized spacial score (nSPS) is 10.9. The van der Waals surface area contributed by atoms with Crippen LogP contribution in [0.25, 0.3) is 22.4 Å². The maximum absolute atomic E-state index is 3.50. The van der Waals surface area contributed by atoms with Crippen molar-refractivity contribution in [3.8, 4) is 11.4 Å². The molecule has 0 bridgehead atoms. The minimum atomic E-state index is 1.09. The van der Waals surface area contributed by atoms with Gasteiger partial charge in [0.05, 0.1) is 12.6 Å². The third-order valence-corrected chi connectivity index (χ3v) is 3.45. The Labute approximate surface area is 108 Å².